The van der Waals surface area contributed by atoms with E-state index in [9.17, 15) is 0 Å². The zero-order valence-corrected chi connectivity index (χ0v) is 14.0. The molecule has 0 unspecified atom stereocenters. The van der Waals surface area contributed by atoms with Crippen LogP contribution in [0.4, 0.5) is 11.4 Å². The summed E-state index contributed by atoms with van der Waals surface area (Å²) in [6.45, 7) is 3.33. The Labute approximate surface area is 138 Å². The number of hydrogen-bond donors (Lipinski definition) is 2. The molecule has 5 nitrogen and oxygen atoms in total. The Morgan fingerprint density at radius 1 is 0.826 bits per heavy atom. The molecule has 0 saturated heterocycles. The lowest BCUT2D eigenvalue weighted by atomic mass is 10.2. The van der Waals surface area contributed by atoms with E-state index in [1.165, 1.54) is 30.6 Å². The molecule has 6 heteroatoms. The highest BCUT2D eigenvalue weighted by atomic mass is 32.3. The van der Waals surface area contributed by atoms with Gasteiger partial charge in [-0.25, -0.2) is 0 Å². The number of benzene rings is 2. The number of rotatable bonds is 6. The van der Waals surface area contributed by atoms with Gasteiger partial charge < -0.3 is 4.90 Å². The predicted molar refractivity (Wildman–Crippen MR) is 93.6 cm³/mol. The van der Waals surface area contributed by atoms with Gasteiger partial charge in [-0.05, 0) is 30.7 Å². The van der Waals surface area contributed by atoms with Gasteiger partial charge in [0.15, 0.2) is 0 Å². The fourth-order valence-corrected chi connectivity index (χ4v) is 2.14. The molecule has 0 aliphatic carbocycles. The largest absolute Gasteiger partial charge is 0.394 e. The van der Waals surface area contributed by atoms with Crippen molar-refractivity contribution in [1.29, 1.82) is 0 Å². The molecular formula is C17H23NO4S. The van der Waals surface area contributed by atoms with Gasteiger partial charge in [-0.1, -0.05) is 56.2 Å². The Morgan fingerprint density at radius 3 is 1.57 bits per heavy atom. The standard InChI is InChI=1S/C17H21N.H2O4S/c1-2-3-10-15-18(16-11-6-4-7-12-16)17-13-8-5-9-14-17;1-5(2,3)4/h4-9,11-14H,2-3,10,15H2,1H3;(H2,1,2,3,4). The molecule has 126 valence electrons. The maximum Gasteiger partial charge on any atom is 0.394 e. The maximum atomic E-state index is 8.74. The van der Waals surface area contributed by atoms with Crippen molar-refractivity contribution >= 4 is 21.8 Å². The molecule has 0 radical (unpaired) electrons. The van der Waals surface area contributed by atoms with Crippen LogP contribution >= 0.6 is 0 Å². The Morgan fingerprint density at radius 2 is 1.22 bits per heavy atom. The minimum atomic E-state index is -4.67. The second-order valence-corrected chi connectivity index (χ2v) is 5.87. The third-order valence-electron chi connectivity index (χ3n) is 3.12. The number of para-hydroxylation sites is 2. The molecule has 0 fully saturated rings. The molecule has 2 N–H and O–H groups in total. The zero-order valence-electron chi connectivity index (χ0n) is 13.2. The van der Waals surface area contributed by atoms with E-state index in [1.54, 1.807) is 0 Å². The summed E-state index contributed by atoms with van der Waals surface area (Å²) in [6.07, 6.45) is 3.79. The molecule has 0 heterocycles. The second kappa shape index (κ2) is 9.99. The van der Waals surface area contributed by atoms with Crippen molar-refractivity contribution in [3.8, 4) is 0 Å². The second-order valence-electron chi connectivity index (χ2n) is 4.98. The monoisotopic (exact) mass is 337 g/mol. The lowest BCUT2D eigenvalue weighted by Crippen LogP contribution is -2.18. The molecular weight excluding hydrogens is 314 g/mol. The molecule has 0 aliphatic heterocycles. The number of nitrogens with zero attached hydrogens (tertiary/aromatic N) is 1. The van der Waals surface area contributed by atoms with Gasteiger partial charge >= 0.3 is 10.4 Å². The first-order valence-corrected chi connectivity index (χ1v) is 8.89. The lowest BCUT2D eigenvalue weighted by molar-refractivity contribution is 0.381. The Hall–Kier alpha value is -1.89. The quantitative estimate of drug-likeness (QED) is 0.605. The highest BCUT2D eigenvalue weighted by Gasteiger charge is 2.07. The summed E-state index contributed by atoms with van der Waals surface area (Å²) < 4.78 is 31.6. The molecule has 0 saturated carbocycles. The van der Waals surface area contributed by atoms with E-state index in [0.29, 0.717) is 0 Å². The van der Waals surface area contributed by atoms with Crippen molar-refractivity contribution in [3.63, 3.8) is 0 Å². The molecule has 0 aromatic heterocycles. The van der Waals surface area contributed by atoms with Crippen LogP contribution in [0.15, 0.2) is 60.7 Å². The van der Waals surface area contributed by atoms with Crippen molar-refractivity contribution in [2.24, 2.45) is 0 Å². The van der Waals surface area contributed by atoms with Crippen molar-refractivity contribution < 1.29 is 17.5 Å². The summed E-state index contributed by atoms with van der Waals surface area (Å²) in [7, 11) is -4.67. The molecule has 0 spiro atoms. The fourth-order valence-electron chi connectivity index (χ4n) is 2.14. The van der Waals surface area contributed by atoms with Crippen molar-refractivity contribution in [1.82, 2.24) is 0 Å². The Balaban J connectivity index is 0.000000463. The Kier molecular flexibility index (Phi) is 8.32. The fraction of sp³-hybridized carbons (Fsp3) is 0.294. The summed E-state index contributed by atoms with van der Waals surface area (Å²) >= 11 is 0. The van der Waals surface area contributed by atoms with E-state index in [1.807, 2.05) is 0 Å². The molecule has 2 rings (SSSR count). The Bertz CT molecular complexity index is 597. The maximum absolute atomic E-state index is 8.74. The van der Waals surface area contributed by atoms with Gasteiger partial charge in [-0.2, -0.15) is 8.42 Å². The lowest BCUT2D eigenvalue weighted by Gasteiger charge is -2.25. The van der Waals surface area contributed by atoms with Crippen LogP contribution < -0.4 is 4.90 Å². The van der Waals surface area contributed by atoms with Crippen LogP contribution in [0.25, 0.3) is 0 Å². The number of unbranched alkanes of at least 4 members (excludes halogenated alkanes) is 2. The van der Waals surface area contributed by atoms with E-state index in [0.717, 1.165) is 6.54 Å². The van der Waals surface area contributed by atoms with Crippen molar-refractivity contribution in [2.45, 2.75) is 26.2 Å². The molecule has 23 heavy (non-hydrogen) atoms. The SMILES string of the molecule is CCCCCN(c1ccccc1)c1ccccc1.O=S(=O)(O)O. The van der Waals surface area contributed by atoms with E-state index in [2.05, 4.69) is 72.5 Å². The van der Waals surface area contributed by atoms with Crippen LogP contribution in [0.5, 0.6) is 0 Å². The normalized spacial score (nSPS) is 10.6. The third-order valence-corrected chi connectivity index (χ3v) is 3.12. The van der Waals surface area contributed by atoms with E-state index in [-0.39, 0.29) is 0 Å². The topological polar surface area (TPSA) is 77.8 Å². The van der Waals surface area contributed by atoms with E-state index >= 15 is 0 Å². The van der Waals surface area contributed by atoms with Crippen LogP contribution in [-0.2, 0) is 10.4 Å². The molecule has 2 aromatic rings. The smallest absolute Gasteiger partial charge is 0.341 e. The average molecular weight is 337 g/mol. The van der Waals surface area contributed by atoms with Crippen LogP contribution in [0.3, 0.4) is 0 Å². The van der Waals surface area contributed by atoms with Gasteiger partial charge in [0.05, 0.1) is 0 Å². The van der Waals surface area contributed by atoms with Gasteiger partial charge in [0.2, 0.25) is 0 Å². The molecule has 0 atom stereocenters. The van der Waals surface area contributed by atoms with Gasteiger partial charge in [0.1, 0.15) is 0 Å². The molecule has 2 aromatic carbocycles. The van der Waals surface area contributed by atoms with Crippen LogP contribution in [0, 0.1) is 0 Å². The van der Waals surface area contributed by atoms with Gasteiger partial charge in [0, 0.05) is 17.9 Å². The van der Waals surface area contributed by atoms with Crippen LogP contribution in [0.2, 0.25) is 0 Å². The average Bonchev–Trinajstić information content (AvgIpc) is 2.52. The zero-order chi connectivity index (χ0) is 17.1. The first kappa shape index (κ1) is 19.2. The number of hydrogen-bond acceptors (Lipinski definition) is 3. The predicted octanol–water partition coefficient (Wildman–Crippen LogP) is 4.36. The summed E-state index contributed by atoms with van der Waals surface area (Å²) in [5.41, 5.74) is 2.56. The first-order chi connectivity index (χ1) is 10.9. The van der Waals surface area contributed by atoms with Crippen LogP contribution in [-0.4, -0.2) is 24.1 Å². The summed E-state index contributed by atoms with van der Waals surface area (Å²) in [6, 6.07) is 21.3. The highest BCUT2D eigenvalue weighted by molar-refractivity contribution is 7.79. The van der Waals surface area contributed by atoms with Gasteiger partial charge in [-0.15, -0.1) is 0 Å². The first-order valence-electron chi connectivity index (χ1n) is 7.49. The molecule has 0 amide bonds. The van der Waals surface area contributed by atoms with Crippen molar-refractivity contribution in [3.05, 3.63) is 60.7 Å². The number of anilines is 2. The van der Waals surface area contributed by atoms with Gasteiger partial charge in [0.25, 0.3) is 0 Å². The van der Waals surface area contributed by atoms with E-state index in [4.69, 9.17) is 17.5 Å². The third kappa shape index (κ3) is 8.97. The van der Waals surface area contributed by atoms with Crippen LogP contribution in [0.1, 0.15) is 26.2 Å². The summed E-state index contributed by atoms with van der Waals surface area (Å²) in [4.78, 5) is 2.40. The molecule has 0 bridgehead atoms. The highest BCUT2D eigenvalue weighted by Crippen LogP contribution is 2.25. The summed E-state index contributed by atoms with van der Waals surface area (Å²) in [5.74, 6) is 0. The summed E-state index contributed by atoms with van der Waals surface area (Å²) in [5, 5.41) is 0. The molecule has 0 aliphatic rings. The van der Waals surface area contributed by atoms with E-state index < -0.39 is 10.4 Å². The minimum Gasteiger partial charge on any atom is -0.341 e. The minimum absolute atomic E-state index is 1.09. The van der Waals surface area contributed by atoms with Crippen molar-refractivity contribution in [2.75, 3.05) is 11.4 Å². The van der Waals surface area contributed by atoms with Gasteiger partial charge in [-0.3, -0.25) is 9.11 Å².